The predicted octanol–water partition coefficient (Wildman–Crippen LogP) is 31.9. The Hall–Kier alpha value is -5.22. The molecule has 0 aliphatic heterocycles. The first kappa shape index (κ1) is 98.1. The lowest BCUT2D eigenvalue weighted by Gasteiger charge is -2.23. The molecule has 6 aromatic rings. The molecule has 0 bridgehead atoms. The van der Waals surface area contributed by atoms with E-state index in [0.29, 0.717) is 54.3 Å². The van der Waals surface area contributed by atoms with Crippen LogP contribution in [0, 0.1) is 131 Å². The lowest BCUT2D eigenvalue weighted by atomic mass is 9.91. The third kappa shape index (κ3) is 43.4. The van der Waals surface area contributed by atoms with Crippen molar-refractivity contribution in [1.82, 2.24) is 0 Å². The van der Waals surface area contributed by atoms with Crippen LogP contribution in [0.25, 0.3) is 0 Å². The number of hydrogen-bond donors (Lipinski definition) is 0. The van der Waals surface area contributed by atoms with Gasteiger partial charge in [-0.05, 0) is 219 Å². The quantitative estimate of drug-likeness (QED) is 0.0274. The molecule has 111 heavy (non-hydrogen) atoms. The Balaban J connectivity index is 0.000000445. The molecule has 0 saturated heterocycles. The standard InChI is InChI=1S/C58H98O4S.C32H47O2S.C12H8S/c1-39(2)23-17-25-41(5)27-19-29-43(7)31-21-33-45(9)37-53(59)61-55-50(14)51(15)58(63-57-48(12)36-35-47(11)49(57)13)52(16)56(55)62-54(60)38-46(10)34-22-32-44(8)30-20-28-42(6)26-18-24-40(3)4;1-25(2)12-9-13-26(3)14-10-15-27(4)16-11-17-28(5)24-32(33)34-29-20-22-31(23-21-29)35-30-18-7-6-8-19-30;1-3-7-11(8-4-1)13-12-9-5-2-6-10-12/h35-36,39-46H,17-34,37-38H2,1-16H3;7-8,18-23,25-28H,9-17,24H2,1-5H3;3-10H. The van der Waals surface area contributed by atoms with Crippen LogP contribution in [0.1, 0.15) is 330 Å². The van der Waals surface area contributed by atoms with Crippen molar-refractivity contribution in [3.05, 3.63) is 161 Å². The van der Waals surface area contributed by atoms with Gasteiger partial charge in [-0.1, -0.05) is 361 Å². The molecular weight excluding hydrogens is 1420 g/mol. The molecular formula is C102H153O6S3. The van der Waals surface area contributed by atoms with E-state index in [0.717, 1.165) is 100 Å². The second-order valence-corrected chi connectivity index (χ2v) is 38.9. The van der Waals surface area contributed by atoms with Gasteiger partial charge in [-0.25, -0.2) is 0 Å². The van der Waals surface area contributed by atoms with Crippen molar-refractivity contribution in [1.29, 1.82) is 0 Å². The maximum Gasteiger partial charge on any atom is 0.311 e. The molecule has 0 amide bonds. The summed E-state index contributed by atoms with van der Waals surface area (Å²) in [5.74, 6) is 8.73. The highest BCUT2D eigenvalue weighted by atomic mass is 32.2. The van der Waals surface area contributed by atoms with E-state index in [1.807, 2.05) is 86.6 Å². The first-order valence-corrected chi connectivity index (χ1v) is 46.3. The highest BCUT2D eigenvalue weighted by Gasteiger charge is 2.27. The molecule has 6 nitrogen and oxygen atoms in total. The minimum absolute atomic E-state index is 0.129. The van der Waals surface area contributed by atoms with Crippen LogP contribution in [0.2, 0.25) is 0 Å². The summed E-state index contributed by atoms with van der Waals surface area (Å²) in [5, 5.41) is 0. The molecule has 6 rings (SSSR count). The van der Waals surface area contributed by atoms with Crippen LogP contribution in [0.4, 0.5) is 0 Å². The number of ether oxygens (including phenoxy) is 3. The molecule has 0 N–H and O–H groups in total. The van der Waals surface area contributed by atoms with Gasteiger partial charge in [0.25, 0.3) is 0 Å². The highest BCUT2D eigenvalue weighted by Crippen LogP contribution is 2.48. The predicted molar refractivity (Wildman–Crippen MR) is 478 cm³/mol. The zero-order valence-electron chi connectivity index (χ0n) is 73.7. The van der Waals surface area contributed by atoms with Crippen LogP contribution >= 0.6 is 35.3 Å². The van der Waals surface area contributed by atoms with Gasteiger partial charge in [-0.3, -0.25) is 14.4 Å². The molecule has 6 aromatic carbocycles. The van der Waals surface area contributed by atoms with Gasteiger partial charge in [0.15, 0.2) is 11.5 Å². The van der Waals surface area contributed by atoms with Gasteiger partial charge in [0.2, 0.25) is 0 Å². The summed E-state index contributed by atoms with van der Waals surface area (Å²) in [5.41, 5.74) is 6.47. The molecule has 3 radical (unpaired) electrons. The molecule has 0 aromatic heterocycles. The van der Waals surface area contributed by atoms with Gasteiger partial charge < -0.3 is 14.2 Å². The first-order chi connectivity index (χ1) is 53.0. The Morgan fingerprint density at radius 1 is 0.270 bits per heavy atom. The SMILES string of the molecule is CC(C)CCCC(C)CCCC(C)CCCC(C)CC(=O)Oc1ccc(Sc2cc[c]cc2)cc1.Cc1ccc(C)c(Sc2c(C)c(C)c(OC(=O)CC(C)CCCC(C)CCCC(C)CCCC(C)C)c(OC(=O)CC(C)CCCC(C)CCCC(C)CCCC(C)C)c2C)c1C.[c]1ccc(Sc2cc[c]cc2)cc1. The van der Waals surface area contributed by atoms with Crippen LogP contribution in [0.3, 0.4) is 0 Å². The highest BCUT2D eigenvalue weighted by molar-refractivity contribution is 8.00. The first-order valence-electron chi connectivity index (χ1n) is 43.8. The van der Waals surface area contributed by atoms with Gasteiger partial charge >= 0.3 is 17.9 Å². The lowest BCUT2D eigenvalue weighted by molar-refractivity contribution is -0.138. The summed E-state index contributed by atoms with van der Waals surface area (Å²) in [4.78, 5) is 46.9. The van der Waals surface area contributed by atoms with E-state index in [1.165, 1.54) is 178 Å². The molecule has 615 valence electrons. The minimum Gasteiger partial charge on any atom is -0.427 e. The third-order valence-corrected chi connectivity index (χ3v) is 26.3. The van der Waals surface area contributed by atoms with Gasteiger partial charge in [0.1, 0.15) is 5.75 Å². The molecule has 0 fully saturated rings. The minimum atomic E-state index is -0.257. The largest absolute Gasteiger partial charge is 0.427 e. The number of hydrogen-bond acceptors (Lipinski definition) is 9. The maximum atomic E-state index is 13.8. The summed E-state index contributed by atoms with van der Waals surface area (Å²) in [6.45, 7) is 47.5. The zero-order chi connectivity index (χ0) is 81.6. The van der Waals surface area contributed by atoms with Crippen molar-refractivity contribution < 1.29 is 28.6 Å². The second kappa shape index (κ2) is 56.1. The van der Waals surface area contributed by atoms with Gasteiger partial charge in [-0.2, -0.15) is 0 Å². The molecule has 0 aliphatic rings. The average molecular weight is 1570 g/mol. The van der Waals surface area contributed by atoms with Crippen molar-refractivity contribution in [3.63, 3.8) is 0 Å². The summed E-state index contributed by atoms with van der Waals surface area (Å²) in [7, 11) is 0. The molecule has 9 heteroatoms. The summed E-state index contributed by atoms with van der Waals surface area (Å²) in [6.07, 6.45) is 35.6. The lowest BCUT2D eigenvalue weighted by Crippen LogP contribution is -2.18. The van der Waals surface area contributed by atoms with E-state index < -0.39 is 0 Å². The number of aryl methyl sites for hydroxylation is 2. The fraction of sp³-hybridized carbons (Fsp3) is 0.618. The van der Waals surface area contributed by atoms with Gasteiger partial charge in [-0.15, -0.1) is 0 Å². The summed E-state index contributed by atoms with van der Waals surface area (Å²) >= 11 is 5.16. The van der Waals surface area contributed by atoms with Crippen LogP contribution in [-0.2, 0) is 14.4 Å². The maximum absolute atomic E-state index is 13.8. The monoisotopic (exact) mass is 1570 g/mol. The number of benzene rings is 6. The molecule has 0 heterocycles. The molecule has 0 saturated carbocycles. The Morgan fingerprint density at radius 2 is 0.532 bits per heavy atom. The molecule has 0 spiro atoms. The van der Waals surface area contributed by atoms with E-state index in [1.54, 1.807) is 35.3 Å². The summed E-state index contributed by atoms with van der Waals surface area (Å²) in [6, 6.07) is 45.0. The van der Waals surface area contributed by atoms with Crippen LogP contribution in [0.5, 0.6) is 17.2 Å². The third-order valence-electron chi connectivity index (χ3n) is 22.6. The van der Waals surface area contributed by atoms with Crippen molar-refractivity contribution in [2.75, 3.05) is 0 Å². The van der Waals surface area contributed by atoms with Crippen LogP contribution in [-0.4, -0.2) is 17.9 Å². The summed E-state index contributed by atoms with van der Waals surface area (Å²) < 4.78 is 18.2. The number of carbonyl (C=O) groups excluding carboxylic acids is 3. The van der Waals surface area contributed by atoms with Crippen molar-refractivity contribution in [2.24, 2.45) is 71.0 Å². The van der Waals surface area contributed by atoms with Gasteiger partial charge in [0, 0.05) is 54.2 Å². The Labute approximate surface area is 693 Å². The van der Waals surface area contributed by atoms with Crippen LogP contribution < -0.4 is 14.2 Å². The molecule has 0 aliphatic carbocycles. The van der Waals surface area contributed by atoms with E-state index in [4.69, 9.17) is 14.2 Å². The van der Waals surface area contributed by atoms with E-state index in [2.05, 4.69) is 186 Å². The molecule has 9 atom stereocenters. The second-order valence-electron chi connectivity index (χ2n) is 35.5. The van der Waals surface area contributed by atoms with Crippen molar-refractivity contribution in [2.45, 2.75) is 367 Å². The number of esters is 3. The number of carbonyl (C=O) groups is 3. The number of rotatable bonds is 51. The van der Waals surface area contributed by atoms with Gasteiger partial charge in [0.05, 0.1) is 0 Å². The fourth-order valence-electron chi connectivity index (χ4n) is 14.8. The fourth-order valence-corrected chi connectivity index (χ4v) is 17.8. The topological polar surface area (TPSA) is 78.9 Å². The van der Waals surface area contributed by atoms with Crippen LogP contribution in [0.15, 0.2) is 139 Å². The van der Waals surface area contributed by atoms with E-state index in [9.17, 15) is 14.4 Å². The zero-order valence-corrected chi connectivity index (χ0v) is 76.2. The Bertz CT molecular complexity index is 3440. The Morgan fingerprint density at radius 3 is 0.838 bits per heavy atom. The molecule has 9 unspecified atom stereocenters. The Kier molecular flexibility index (Phi) is 49.6. The normalized spacial score (nSPS) is 13.9. The van der Waals surface area contributed by atoms with Crippen molar-refractivity contribution >= 4 is 53.2 Å². The van der Waals surface area contributed by atoms with E-state index in [-0.39, 0.29) is 29.7 Å². The smallest absolute Gasteiger partial charge is 0.311 e. The van der Waals surface area contributed by atoms with Crippen molar-refractivity contribution in [3.8, 4) is 17.2 Å². The average Bonchev–Trinajstić information content (AvgIpc) is 0.770. The van der Waals surface area contributed by atoms with E-state index >= 15 is 0 Å².